The van der Waals surface area contributed by atoms with Gasteiger partial charge < -0.3 is 10.6 Å². The Bertz CT molecular complexity index is 459. The Kier molecular flexibility index (Phi) is 6.17. The van der Waals surface area contributed by atoms with Crippen LogP contribution in [-0.4, -0.2) is 50.1 Å². The normalized spacial score (nSPS) is 19.1. The number of hydrogen-bond donors (Lipinski definition) is 1. The Labute approximate surface area is 135 Å². The van der Waals surface area contributed by atoms with Gasteiger partial charge >= 0.3 is 0 Å². The summed E-state index contributed by atoms with van der Waals surface area (Å²) >= 11 is 3.42. The predicted octanol–water partition coefficient (Wildman–Crippen LogP) is 2.86. The van der Waals surface area contributed by atoms with Crippen molar-refractivity contribution in [3.63, 3.8) is 0 Å². The number of nitrogens with two attached hydrogens (primary N) is 1. The summed E-state index contributed by atoms with van der Waals surface area (Å²) in [4.78, 5) is 4.58. The zero-order valence-electron chi connectivity index (χ0n) is 12.9. The van der Waals surface area contributed by atoms with E-state index < -0.39 is 0 Å². The van der Waals surface area contributed by atoms with Crippen molar-refractivity contribution in [1.82, 2.24) is 9.80 Å². The first-order chi connectivity index (χ1) is 10.0. The molecule has 0 spiro atoms. The minimum Gasteiger partial charge on any atom is -0.329 e. The third kappa shape index (κ3) is 4.49. The van der Waals surface area contributed by atoms with Crippen LogP contribution in [0, 0.1) is 11.7 Å². The summed E-state index contributed by atoms with van der Waals surface area (Å²) in [6.07, 6.45) is 2.31. The minimum absolute atomic E-state index is 0.0252. The first-order valence-corrected chi connectivity index (χ1v) is 8.34. The molecule has 21 heavy (non-hydrogen) atoms. The molecule has 1 saturated heterocycles. The summed E-state index contributed by atoms with van der Waals surface area (Å²) < 4.78 is 15.0. The van der Waals surface area contributed by atoms with Crippen molar-refractivity contribution >= 4 is 15.9 Å². The van der Waals surface area contributed by atoms with Crippen LogP contribution in [0.4, 0.5) is 4.39 Å². The number of benzene rings is 1. The molecule has 118 valence electrons. The fraction of sp³-hybridized carbons (Fsp3) is 0.625. The maximum Gasteiger partial charge on any atom is 0.128 e. The highest BCUT2D eigenvalue weighted by Crippen LogP contribution is 2.29. The van der Waals surface area contributed by atoms with E-state index >= 15 is 0 Å². The predicted molar refractivity (Wildman–Crippen MR) is 88.7 cm³/mol. The number of likely N-dealkylation sites (tertiary alicyclic amines) is 1. The molecule has 0 aliphatic carbocycles. The molecule has 2 rings (SSSR count). The average Bonchev–Trinajstić information content (AvgIpc) is 2.44. The first kappa shape index (κ1) is 16.9. The van der Waals surface area contributed by atoms with Crippen molar-refractivity contribution in [2.24, 2.45) is 11.7 Å². The van der Waals surface area contributed by atoms with E-state index in [1.54, 1.807) is 6.07 Å². The van der Waals surface area contributed by atoms with E-state index in [1.165, 1.54) is 6.07 Å². The van der Waals surface area contributed by atoms with Crippen LogP contribution in [0.15, 0.2) is 22.7 Å². The van der Waals surface area contributed by atoms with Gasteiger partial charge in [-0.05, 0) is 64.1 Å². The lowest BCUT2D eigenvalue weighted by atomic mass is 9.93. The van der Waals surface area contributed by atoms with Crippen molar-refractivity contribution in [3.05, 3.63) is 34.1 Å². The van der Waals surface area contributed by atoms with Crippen molar-refractivity contribution in [3.8, 4) is 0 Å². The van der Waals surface area contributed by atoms with Crippen LogP contribution in [0.25, 0.3) is 0 Å². The molecule has 1 heterocycles. The lowest BCUT2D eigenvalue weighted by Crippen LogP contribution is -2.41. The highest BCUT2D eigenvalue weighted by molar-refractivity contribution is 9.10. The smallest absolute Gasteiger partial charge is 0.128 e. The van der Waals surface area contributed by atoms with Gasteiger partial charge in [0, 0.05) is 29.2 Å². The number of hydrogen-bond acceptors (Lipinski definition) is 3. The lowest BCUT2D eigenvalue weighted by molar-refractivity contribution is 0.121. The molecule has 0 amide bonds. The third-order valence-corrected chi connectivity index (χ3v) is 4.75. The summed E-state index contributed by atoms with van der Waals surface area (Å²) in [5.74, 6) is 0.575. The number of halogens is 2. The molecular weight excluding hydrogens is 333 g/mol. The van der Waals surface area contributed by atoms with Gasteiger partial charge in [0.25, 0.3) is 0 Å². The topological polar surface area (TPSA) is 32.5 Å². The van der Waals surface area contributed by atoms with Crippen LogP contribution in [-0.2, 0) is 0 Å². The molecule has 1 fully saturated rings. The van der Waals surface area contributed by atoms with Crippen LogP contribution < -0.4 is 5.73 Å². The van der Waals surface area contributed by atoms with E-state index in [0.29, 0.717) is 12.1 Å². The number of nitrogens with zero attached hydrogens (tertiary/aromatic N) is 2. The summed E-state index contributed by atoms with van der Waals surface area (Å²) in [5, 5.41) is 0. The van der Waals surface area contributed by atoms with E-state index in [4.69, 9.17) is 5.73 Å². The van der Waals surface area contributed by atoms with Crippen LogP contribution in [0.1, 0.15) is 24.4 Å². The molecule has 3 nitrogen and oxygen atoms in total. The molecule has 2 N–H and O–H groups in total. The Morgan fingerprint density at radius 1 is 1.38 bits per heavy atom. The molecule has 1 aromatic rings. The average molecular weight is 358 g/mol. The van der Waals surface area contributed by atoms with E-state index in [0.717, 1.165) is 42.9 Å². The molecule has 1 aliphatic heterocycles. The van der Waals surface area contributed by atoms with Gasteiger partial charge in [-0.1, -0.05) is 15.9 Å². The summed E-state index contributed by atoms with van der Waals surface area (Å²) in [6.45, 7) is 3.57. The minimum atomic E-state index is -0.163. The molecule has 1 aromatic carbocycles. The van der Waals surface area contributed by atoms with Crippen LogP contribution in [0.2, 0.25) is 0 Å². The fourth-order valence-electron chi connectivity index (χ4n) is 3.21. The molecule has 0 bridgehead atoms. The summed E-state index contributed by atoms with van der Waals surface area (Å²) in [6, 6.07) is 5.08. The van der Waals surface area contributed by atoms with Gasteiger partial charge in [0.2, 0.25) is 0 Å². The van der Waals surface area contributed by atoms with Gasteiger partial charge in [0.05, 0.1) is 0 Å². The molecule has 0 saturated carbocycles. The van der Waals surface area contributed by atoms with Gasteiger partial charge in [-0.2, -0.15) is 0 Å². The van der Waals surface area contributed by atoms with E-state index in [9.17, 15) is 4.39 Å². The third-order valence-electron chi connectivity index (χ3n) is 4.25. The molecule has 1 atom stereocenters. The zero-order chi connectivity index (χ0) is 15.4. The quantitative estimate of drug-likeness (QED) is 0.879. The lowest BCUT2D eigenvalue weighted by Gasteiger charge is -2.38. The SMILES string of the molecule is CN(C)CC1CCN(C(CN)c2cc(Br)ccc2F)CC1. The van der Waals surface area contributed by atoms with Crippen LogP contribution >= 0.6 is 15.9 Å². The standard InChI is InChI=1S/C16H25BrFN3/c1-20(2)11-12-5-7-21(8-6-12)16(10-19)14-9-13(17)3-4-15(14)18/h3-4,9,12,16H,5-8,10-11,19H2,1-2H3. The first-order valence-electron chi connectivity index (χ1n) is 7.55. The molecule has 5 heteroatoms. The van der Waals surface area contributed by atoms with E-state index in [-0.39, 0.29) is 11.9 Å². The second-order valence-corrected chi connectivity index (χ2v) is 7.07. The highest BCUT2D eigenvalue weighted by atomic mass is 79.9. The van der Waals surface area contributed by atoms with Gasteiger partial charge in [-0.3, -0.25) is 4.90 Å². The van der Waals surface area contributed by atoms with Crippen LogP contribution in [0.3, 0.4) is 0 Å². The molecule has 0 aromatic heterocycles. The highest BCUT2D eigenvalue weighted by Gasteiger charge is 2.27. The van der Waals surface area contributed by atoms with Crippen molar-refractivity contribution in [1.29, 1.82) is 0 Å². The maximum absolute atomic E-state index is 14.1. The largest absolute Gasteiger partial charge is 0.329 e. The van der Waals surface area contributed by atoms with Crippen molar-refractivity contribution < 1.29 is 4.39 Å². The molecular formula is C16H25BrFN3. The van der Waals surface area contributed by atoms with E-state index in [2.05, 4.69) is 39.8 Å². The zero-order valence-corrected chi connectivity index (χ0v) is 14.4. The van der Waals surface area contributed by atoms with E-state index in [1.807, 2.05) is 6.07 Å². The number of rotatable bonds is 5. The molecule has 0 radical (unpaired) electrons. The fourth-order valence-corrected chi connectivity index (χ4v) is 3.59. The molecule has 1 aliphatic rings. The Morgan fingerprint density at radius 2 is 2.05 bits per heavy atom. The maximum atomic E-state index is 14.1. The van der Waals surface area contributed by atoms with Gasteiger partial charge in [0.15, 0.2) is 0 Å². The summed E-state index contributed by atoms with van der Waals surface area (Å²) in [7, 11) is 4.23. The van der Waals surface area contributed by atoms with Crippen LogP contribution in [0.5, 0.6) is 0 Å². The van der Waals surface area contributed by atoms with Gasteiger partial charge in [0.1, 0.15) is 5.82 Å². The Balaban J connectivity index is 2.04. The van der Waals surface area contributed by atoms with Crippen molar-refractivity contribution in [2.45, 2.75) is 18.9 Å². The second-order valence-electron chi connectivity index (χ2n) is 6.16. The molecule has 1 unspecified atom stereocenters. The van der Waals surface area contributed by atoms with Crippen molar-refractivity contribution in [2.75, 3.05) is 40.3 Å². The number of piperidine rings is 1. The Morgan fingerprint density at radius 3 is 2.62 bits per heavy atom. The summed E-state index contributed by atoms with van der Waals surface area (Å²) in [5.41, 5.74) is 6.64. The van der Waals surface area contributed by atoms with Gasteiger partial charge in [-0.15, -0.1) is 0 Å². The second kappa shape index (κ2) is 7.68. The Hall–Kier alpha value is -0.490. The van der Waals surface area contributed by atoms with Gasteiger partial charge in [-0.25, -0.2) is 4.39 Å². The monoisotopic (exact) mass is 357 g/mol.